The third kappa shape index (κ3) is 1.50. The zero-order chi connectivity index (χ0) is 11.8. The van der Waals surface area contributed by atoms with Crippen molar-refractivity contribution in [2.45, 2.75) is 0 Å². The van der Waals surface area contributed by atoms with E-state index in [0.717, 1.165) is 0 Å². The van der Waals surface area contributed by atoms with Gasteiger partial charge in [-0.2, -0.15) is 9.61 Å². The summed E-state index contributed by atoms with van der Waals surface area (Å²) < 4.78 is 14.5. The molecule has 2 heterocycles. The molecular weight excluding hydrogens is 221 g/mol. The highest BCUT2D eigenvalue weighted by molar-refractivity contribution is 5.72. The van der Waals surface area contributed by atoms with Crippen LogP contribution in [0.1, 0.15) is 0 Å². The first-order chi connectivity index (χ1) is 8.25. The molecule has 0 radical (unpaired) electrons. The van der Waals surface area contributed by atoms with E-state index in [1.54, 1.807) is 28.9 Å². The Bertz CT molecular complexity index is 691. The highest BCUT2D eigenvalue weighted by Gasteiger charge is 2.11. The molecule has 1 aromatic carbocycles. The van der Waals surface area contributed by atoms with Crippen molar-refractivity contribution in [3.8, 4) is 11.4 Å². The third-order valence-corrected chi connectivity index (χ3v) is 2.43. The van der Waals surface area contributed by atoms with Crippen LogP contribution < -0.4 is 5.73 Å². The van der Waals surface area contributed by atoms with Gasteiger partial charge in [0.15, 0.2) is 11.5 Å². The molecule has 0 aliphatic rings. The molecule has 84 valence electrons. The standard InChI is InChI=1S/C11H8FN5/c12-7-3-4-8(9(13)6-7)11-16-15-10-2-1-5-14-17(10)11/h1-6H,13H2. The maximum absolute atomic E-state index is 13.0. The van der Waals surface area contributed by atoms with Gasteiger partial charge in [0.2, 0.25) is 0 Å². The topological polar surface area (TPSA) is 69.1 Å². The van der Waals surface area contributed by atoms with Gasteiger partial charge in [-0.25, -0.2) is 4.39 Å². The molecule has 17 heavy (non-hydrogen) atoms. The number of rotatable bonds is 1. The van der Waals surface area contributed by atoms with E-state index in [0.29, 0.717) is 22.7 Å². The number of benzene rings is 1. The van der Waals surface area contributed by atoms with Crippen molar-refractivity contribution in [3.63, 3.8) is 0 Å². The first-order valence-electron chi connectivity index (χ1n) is 4.97. The van der Waals surface area contributed by atoms with E-state index < -0.39 is 0 Å². The molecule has 0 unspecified atom stereocenters. The maximum atomic E-state index is 13.0. The quantitative estimate of drug-likeness (QED) is 0.642. The fraction of sp³-hybridized carbons (Fsp3) is 0. The Morgan fingerprint density at radius 3 is 2.88 bits per heavy atom. The van der Waals surface area contributed by atoms with Gasteiger partial charge in [0.05, 0.1) is 0 Å². The van der Waals surface area contributed by atoms with Gasteiger partial charge in [-0.3, -0.25) is 0 Å². The monoisotopic (exact) mass is 229 g/mol. The Hall–Kier alpha value is -2.50. The summed E-state index contributed by atoms with van der Waals surface area (Å²) in [5, 5.41) is 12.1. The van der Waals surface area contributed by atoms with Crippen LogP contribution in [0.15, 0.2) is 36.5 Å². The van der Waals surface area contributed by atoms with Crippen molar-refractivity contribution in [3.05, 3.63) is 42.3 Å². The highest BCUT2D eigenvalue weighted by Crippen LogP contribution is 2.24. The predicted molar refractivity (Wildman–Crippen MR) is 60.6 cm³/mol. The second-order valence-corrected chi connectivity index (χ2v) is 3.55. The van der Waals surface area contributed by atoms with E-state index in [-0.39, 0.29) is 5.82 Å². The Labute approximate surface area is 95.7 Å². The zero-order valence-corrected chi connectivity index (χ0v) is 8.71. The van der Waals surface area contributed by atoms with Crippen LogP contribution in [-0.4, -0.2) is 19.8 Å². The first-order valence-corrected chi connectivity index (χ1v) is 4.97. The van der Waals surface area contributed by atoms with Crippen LogP contribution in [0.25, 0.3) is 17.0 Å². The van der Waals surface area contributed by atoms with Crippen molar-refractivity contribution in [2.75, 3.05) is 5.73 Å². The zero-order valence-electron chi connectivity index (χ0n) is 8.71. The van der Waals surface area contributed by atoms with Crippen LogP contribution in [-0.2, 0) is 0 Å². The minimum absolute atomic E-state index is 0.310. The SMILES string of the molecule is Nc1cc(F)ccc1-c1nnc2cccnn12. The maximum Gasteiger partial charge on any atom is 0.187 e. The molecule has 0 saturated heterocycles. The van der Waals surface area contributed by atoms with Crippen LogP contribution in [0.5, 0.6) is 0 Å². The molecule has 0 aliphatic heterocycles. The summed E-state index contributed by atoms with van der Waals surface area (Å²) >= 11 is 0. The minimum atomic E-state index is -0.381. The van der Waals surface area contributed by atoms with Gasteiger partial charge in [0, 0.05) is 17.4 Å². The average Bonchev–Trinajstić information content (AvgIpc) is 2.73. The van der Waals surface area contributed by atoms with Crippen molar-refractivity contribution < 1.29 is 4.39 Å². The normalized spacial score (nSPS) is 10.9. The molecule has 3 aromatic rings. The summed E-state index contributed by atoms with van der Waals surface area (Å²) in [6, 6.07) is 7.69. The number of hydrogen-bond donors (Lipinski definition) is 1. The molecule has 5 nitrogen and oxygen atoms in total. The van der Waals surface area contributed by atoms with Crippen molar-refractivity contribution in [1.82, 2.24) is 19.8 Å². The fourth-order valence-corrected chi connectivity index (χ4v) is 1.65. The fourth-order valence-electron chi connectivity index (χ4n) is 1.65. The first kappa shape index (κ1) is 9.71. The summed E-state index contributed by atoms with van der Waals surface area (Å²) in [7, 11) is 0. The molecule has 0 saturated carbocycles. The van der Waals surface area contributed by atoms with Gasteiger partial charge in [0.25, 0.3) is 0 Å². The minimum Gasteiger partial charge on any atom is -0.398 e. The molecule has 0 atom stereocenters. The summed E-state index contributed by atoms with van der Waals surface area (Å²) in [6.07, 6.45) is 1.62. The molecule has 3 rings (SSSR count). The summed E-state index contributed by atoms with van der Waals surface area (Å²) in [5.74, 6) is 0.117. The largest absolute Gasteiger partial charge is 0.398 e. The molecule has 0 aliphatic carbocycles. The Morgan fingerprint density at radius 2 is 2.06 bits per heavy atom. The summed E-state index contributed by atoms with van der Waals surface area (Å²) in [4.78, 5) is 0. The van der Waals surface area contributed by atoms with Crippen LogP contribution in [0, 0.1) is 5.82 Å². The number of nitrogens with zero attached hydrogens (tertiary/aromatic N) is 4. The van der Waals surface area contributed by atoms with E-state index in [2.05, 4.69) is 15.3 Å². The summed E-state index contributed by atoms with van der Waals surface area (Å²) in [6.45, 7) is 0. The highest BCUT2D eigenvalue weighted by atomic mass is 19.1. The lowest BCUT2D eigenvalue weighted by Crippen LogP contribution is -1.97. The average molecular weight is 229 g/mol. The molecule has 0 bridgehead atoms. The van der Waals surface area contributed by atoms with E-state index in [4.69, 9.17) is 5.73 Å². The third-order valence-electron chi connectivity index (χ3n) is 2.43. The van der Waals surface area contributed by atoms with Gasteiger partial charge in [-0.15, -0.1) is 10.2 Å². The number of fused-ring (bicyclic) bond motifs is 1. The number of aromatic nitrogens is 4. The molecule has 2 aromatic heterocycles. The smallest absolute Gasteiger partial charge is 0.187 e. The van der Waals surface area contributed by atoms with E-state index in [9.17, 15) is 4.39 Å². The van der Waals surface area contributed by atoms with E-state index in [1.807, 2.05) is 0 Å². The lowest BCUT2D eigenvalue weighted by atomic mass is 10.1. The van der Waals surface area contributed by atoms with E-state index >= 15 is 0 Å². The Balaban J connectivity index is 2.27. The van der Waals surface area contributed by atoms with E-state index in [1.165, 1.54) is 12.1 Å². The molecule has 6 heteroatoms. The summed E-state index contributed by atoms with van der Waals surface area (Å²) in [5.41, 5.74) is 7.29. The van der Waals surface area contributed by atoms with Crippen LogP contribution in [0.2, 0.25) is 0 Å². The number of hydrogen-bond acceptors (Lipinski definition) is 4. The molecule has 0 fully saturated rings. The molecular formula is C11H8FN5. The number of nitrogens with two attached hydrogens (primary N) is 1. The Morgan fingerprint density at radius 1 is 1.18 bits per heavy atom. The molecule has 2 N–H and O–H groups in total. The van der Waals surface area contributed by atoms with Gasteiger partial charge in [-0.1, -0.05) is 0 Å². The van der Waals surface area contributed by atoms with Crippen molar-refractivity contribution in [2.24, 2.45) is 0 Å². The predicted octanol–water partition coefficient (Wildman–Crippen LogP) is 1.51. The van der Waals surface area contributed by atoms with Crippen LogP contribution >= 0.6 is 0 Å². The Kier molecular flexibility index (Phi) is 2.01. The van der Waals surface area contributed by atoms with Gasteiger partial charge < -0.3 is 5.73 Å². The molecule has 0 amide bonds. The number of nitrogen functional groups attached to an aromatic ring is 1. The van der Waals surface area contributed by atoms with Crippen LogP contribution in [0.4, 0.5) is 10.1 Å². The van der Waals surface area contributed by atoms with Crippen LogP contribution in [0.3, 0.4) is 0 Å². The number of anilines is 1. The van der Waals surface area contributed by atoms with Gasteiger partial charge in [0.1, 0.15) is 5.82 Å². The van der Waals surface area contributed by atoms with Gasteiger partial charge >= 0.3 is 0 Å². The second kappa shape index (κ2) is 3.51. The van der Waals surface area contributed by atoms with Gasteiger partial charge in [-0.05, 0) is 30.3 Å². The van der Waals surface area contributed by atoms with Crippen molar-refractivity contribution >= 4 is 11.3 Å². The lowest BCUT2D eigenvalue weighted by Gasteiger charge is -2.02. The van der Waals surface area contributed by atoms with Crippen molar-refractivity contribution in [1.29, 1.82) is 0 Å². The molecule has 0 spiro atoms. The lowest BCUT2D eigenvalue weighted by molar-refractivity contribution is 0.628. The number of halogens is 1. The second-order valence-electron chi connectivity index (χ2n) is 3.55.